The number of aliphatic hydroxyl groups is 1. The Balaban J connectivity index is 5.65. The monoisotopic (exact) mass is 516 g/mol. The van der Waals surface area contributed by atoms with Crippen molar-refractivity contribution in [1.82, 2.24) is 16.0 Å². The standard InChI is InChI=1S/C20H40N10O6/c1-10(2)14(18(35)36)30-17(34)13(6-4-8-27-20(24)25)29-16(33)12(5-3-7-26-19(22)23)28-15(32)11(21)9-31/h10-14,31H,3-9,21H2,1-2H3,(H,28,32)(H,29,33)(H,30,34)(H,35,36)(H4,22,23,26)(H4,24,25,27). The fourth-order valence-corrected chi connectivity index (χ4v) is 2.95. The van der Waals surface area contributed by atoms with Crippen LogP contribution in [-0.2, 0) is 19.2 Å². The van der Waals surface area contributed by atoms with Crippen LogP contribution in [0, 0.1) is 5.92 Å². The second-order valence-corrected chi connectivity index (χ2v) is 8.38. The lowest BCUT2D eigenvalue weighted by Gasteiger charge is -2.26. The fraction of sp³-hybridized carbons (Fsp3) is 0.700. The molecule has 0 radical (unpaired) electrons. The van der Waals surface area contributed by atoms with Gasteiger partial charge < -0.3 is 54.8 Å². The summed E-state index contributed by atoms with van der Waals surface area (Å²) in [6, 6.07) is -4.75. The van der Waals surface area contributed by atoms with Gasteiger partial charge >= 0.3 is 5.97 Å². The summed E-state index contributed by atoms with van der Waals surface area (Å²) in [6.45, 7) is 2.94. The molecule has 0 fully saturated rings. The Labute approximate surface area is 209 Å². The van der Waals surface area contributed by atoms with Gasteiger partial charge in [-0.15, -0.1) is 0 Å². The zero-order chi connectivity index (χ0) is 27.8. The van der Waals surface area contributed by atoms with Crippen LogP contribution in [0.5, 0.6) is 0 Å². The number of nitrogens with two attached hydrogens (primary N) is 5. The van der Waals surface area contributed by atoms with Gasteiger partial charge in [0.05, 0.1) is 6.61 Å². The third-order valence-electron chi connectivity index (χ3n) is 4.92. The molecule has 0 saturated heterocycles. The van der Waals surface area contributed by atoms with Crippen LogP contribution >= 0.6 is 0 Å². The molecule has 3 amide bonds. The first-order valence-corrected chi connectivity index (χ1v) is 11.4. The van der Waals surface area contributed by atoms with Gasteiger partial charge in [-0.2, -0.15) is 0 Å². The highest BCUT2D eigenvalue weighted by Gasteiger charge is 2.31. The van der Waals surface area contributed by atoms with Crippen molar-refractivity contribution in [3.05, 3.63) is 0 Å². The van der Waals surface area contributed by atoms with Crippen LogP contribution in [0.4, 0.5) is 0 Å². The highest BCUT2D eigenvalue weighted by atomic mass is 16.4. The predicted molar refractivity (Wildman–Crippen MR) is 133 cm³/mol. The van der Waals surface area contributed by atoms with E-state index < -0.39 is 60.4 Å². The lowest BCUT2D eigenvalue weighted by atomic mass is 10.0. The number of aliphatic hydroxyl groups excluding tert-OH is 1. The van der Waals surface area contributed by atoms with Crippen molar-refractivity contribution in [3.8, 4) is 0 Å². The second kappa shape index (κ2) is 16.9. The number of nitrogens with zero attached hydrogens (tertiary/aromatic N) is 2. The van der Waals surface area contributed by atoms with Gasteiger partial charge in [0, 0.05) is 13.1 Å². The van der Waals surface area contributed by atoms with Gasteiger partial charge in [-0.3, -0.25) is 24.4 Å². The first-order chi connectivity index (χ1) is 16.8. The second-order valence-electron chi connectivity index (χ2n) is 8.38. The smallest absolute Gasteiger partial charge is 0.326 e. The summed E-state index contributed by atoms with van der Waals surface area (Å²) in [5.74, 6) is -4.17. The topological polar surface area (TPSA) is 300 Å². The molecule has 0 aliphatic carbocycles. The van der Waals surface area contributed by atoms with Gasteiger partial charge in [0.1, 0.15) is 24.2 Å². The third kappa shape index (κ3) is 13.3. The van der Waals surface area contributed by atoms with Crippen molar-refractivity contribution in [2.24, 2.45) is 44.6 Å². The van der Waals surface area contributed by atoms with Gasteiger partial charge in [-0.25, -0.2) is 4.79 Å². The number of aliphatic carboxylic acids is 1. The summed E-state index contributed by atoms with van der Waals surface area (Å²) in [7, 11) is 0. The SMILES string of the molecule is CC(C)C(NC(=O)C(CCCN=C(N)N)NC(=O)C(CCCN=C(N)N)NC(=O)C(N)CO)C(=O)O. The normalized spacial score (nSPS) is 14.0. The minimum Gasteiger partial charge on any atom is -0.480 e. The minimum atomic E-state index is -1.26. The van der Waals surface area contributed by atoms with E-state index in [-0.39, 0.29) is 44.3 Å². The third-order valence-corrected chi connectivity index (χ3v) is 4.92. The lowest BCUT2D eigenvalue weighted by molar-refractivity contribution is -0.143. The van der Waals surface area contributed by atoms with Crippen molar-refractivity contribution < 1.29 is 29.4 Å². The Hall–Kier alpha value is -3.66. The summed E-state index contributed by atoms with van der Waals surface area (Å²) in [4.78, 5) is 57.3. The first-order valence-electron chi connectivity index (χ1n) is 11.4. The Morgan fingerprint density at radius 2 is 1.19 bits per heavy atom. The van der Waals surface area contributed by atoms with E-state index in [0.717, 1.165) is 0 Å². The molecule has 16 heteroatoms. The number of hydrogen-bond acceptors (Lipinski definition) is 8. The molecule has 0 saturated carbocycles. The maximum absolute atomic E-state index is 13.0. The van der Waals surface area contributed by atoms with Crippen LogP contribution in [0.1, 0.15) is 39.5 Å². The molecule has 36 heavy (non-hydrogen) atoms. The Morgan fingerprint density at radius 3 is 1.56 bits per heavy atom. The summed E-state index contributed by atoms with van der Waals surface area (Å²) in [6.07, 6.45) is 0.731. The molecule has 15 N–H and O–H groups in total. The molecule has 0 bridgehead atoms. The minimum absolute atomic E-state index is 0.0730. The van der Waals surface area contributed by atoms with Gasteiger partial charge in [0.25, 0.3) is 0 Å². The van der Waals surface area contributed by atoms with Crippen molar-refractivity contribution >= 4 is 35.6 Å². The van der Waals surface area contributed by atoms with Crippen molar-refractivity contribution in [3.63, 3.8) is 0 Å². The quantitative estimate of drug-likeness (QED) is 0.0500. The van der Waals surface area contributed by atoms with Gasteiger partial charge in [0.15, 0.2) is 11.9 Å². The number of carbonyl (C=O) groups excluding carboxylic acids is 3. The summed E-state index contributed by atoms with van der Waals surface area (Å²) < 4.78 is 0. The van der Waals surface area contributed by atoms with Gasteiger partial charge in [-0.05, 0) is 31.6 Å². The number of rotatable bonds is 17. The van der Waals surface area contributed by atoms with E-state index in [4.69, 9.17) is 33.8 Å². The van der Waals surface area contributed by atoms with Crippen molar-refractivity contribution in [2.75, 3.05) is 19.7 Å². The number of carboxylic acid groups (broad SMARTS) is 1. The number of carbonyl (C=O) groups is 4. The summed E-state index contributed by atoms with van der Waals surface area (Å²) in [5, 5.41) is 25.9. The zero-order valence-corrected chi connectivity index (χ0v) is 20.6. The maximum Gasteiger partial charge on any atom is 0.326 e. The largest absolute Gasteiger partial charge is 0.480 e. The van der Waals surface area contributed by atoms with Crippen molar-refractivity contribution in [2.45, 2.75) is 63.7 Å². The van der Waals surface area contributed by atoms with Crippen LogP contribution in [-0.4, -0.2) is 89.7 Å². The van der Waals surface area contributed by atoms with Crippen LogP contribution < -0.4 is 44.6 Å². The van der Waals surface area contributed by atoms with E-state index in [1.807, 2.05) is 0 Å². The molecule has 0 heterocycles. The highest BCUT2D eigenvalue weighted by molar-refractivity contribution is 5.94. The number of aliphatic imine (C=N–C) groups is 2. The first kappa shape index (κ1) is 32.3. The van der Waals surface area contributed by atoms with Crippen LogP contribution in [0.2, 0.25) is 0 Å². The van der Waals surface area contributed by atoms with Gasteiger partial charge in [0.2, 0.25) is 17.7 Å². The van der Waals surface area contributed by atoms with Gasteiger partial charge in [-0.1, -0.05) is 13.8 Å². The van der Waals surface area contributed by atoms with Crippen LogP contribution in [0.15, 0.2) is 9.98 Å². The molecule has 0 aliphatic heterocycles. The Morgan fingerprint density at radius 1 is 0.778 bits per heavy atom. The van der Waals surface area contributed by atoms with E-state index in [1.165, 1.54) is 0 Å². The molecule has 0 rings (SSSR count). The average Bonchev–Trinajstić information content (AvgIpc) is 2.79. The highest BCUT2D eigenvalue weighted by Crippen LogP contribution is 2.07. The molecule has 0 aromatic heterocycles. The number of carboxylic acids is 1. The number of amides is 3. The number of hydrogen-bond donors (Lipinski definition) is 10. The zero-order valence-electron chi connectivity index (χ0n) is 20.6. The van der Waals surface area contributed by atoms with E-state index in [9.17, 15) is 24.3 Å². The molecule has 0 aliphatic rings. The van der Waals surface area contributed by atoms with Crippen LogP contribution in [0.3, 0.4) is 0 Å². The number of nitrogens with one attached hydrogen (secondary N) is 3. The Bertz CT molecular complexity index is 796. The van der Waals surface area contributed by atoms with E-state index in [2.05, 4.69) is 25.9 Å². The summed E-state index contributed by atoms with van der Waals surface area (Å²) >= 11 is 0. The van der Waals surface area contributed by atoms with Crippen LogP contribution in [0.25, 0.3) is 0 Å². The maximum atomic E-state index is 13.0. The number of guanidine groups is 2. The molecule has 206 valence electrons. The fourth-order valence-electron chi connectivity index (χ4n) is 2.95. The van der Waals surface area contributed by atoms with Crippen molar-refractivity contribution in [1.29, 1.82) is 0 Å². The molecular formula is C20H40N10O6. The molecule has 0 spiro atoms. The molecule has 4 atom stereocenters. The predicted octanol–water partition coefficient (Wildman–Crippen LogP) is -4.39. The summed E-state index contributed by atoms with van der Waals surface area (Å²) in [5.41, 5.74) is 26.7. The van der Waals surface area contributed by atoms with E-state index in [0.29, 0.717) is 6.42 Å². The molecule has 0 aromatic rings. The molecule has 0 aromatic carbocycles. The van der Waals surface area contributed by atoms with E-state index in [1.54, 1.807) is 13.8 Å². The average molecular weight is 517 g/mol. The Kier molecular flexibility index (Phi) is 15.2. The molecule has 16 nitrogen and oxygen atoms in total. The van der Waals surface area contributed by atoms with E-state index >= 15 is 0 Å². The molecular weight excluding hydrogens is 476 g/mol. The molecule has 4 unspecified atom stereocenters. The lowest BCUT2D eigenvalue weighted by Crippen LogP contribution is -2.57.